The highest BCUT2D eigenvalue weighted by molar-refractivity contribution is 9.10. The lowest BCUT2D eigenvalue weighted by Crippen LogP contribution is -2.30. The van der Waals surface area contributed by atoms with Crippen molar-refractivity contribution in [2.75, 3.05) is 5.32 Å². The van der Waals surface area contributed by atoms with Crippen molar-refractivity contribution in [1.82, 2.24) is 0 Å². The number of aryl methyl sites for hydroxylation is 1. The summed E-state index contributed by atoms with van der Waals surface area (Å²) in [6.45, 7) is 3.38. The number of nitro benzene ring substituents is 1. The van der Waals surface area contributed by atoms with Crippen LogP contribution in [0.2, 0.25) is 0 Å². The van der Waals surface area contributed by atoms with Gasteiger partial charge < -0.3 is 10.1 Å². The molecule has 0 bridgehead atoms. The molecule has 7 heteroatoms. The monoisotopic (exact) mass is 378 g/mol. The molecule has 0 radical (unpaired) electrons. The van der Waals surface area contributed by atoms with Gasteiger partial charge in [-0.25, -0.2) is 0 Å². The summed E-state index contributed by atoms with van der Waals surface area (Å²) in [5.41, 5.74) is 1.06. The Labute approximate surface area is 141 Å². The molecule has 1 amide bonds. The molecule has 0 heterocycles. The number of carbonyl (C=O) groups is 1. The van der Waals surface area contributed by atoms with Crippen molar-refractivity contribution in [1.29, 1.82) is 0 Å². The Hall–Kier alpha value is -2.41. The van der Waals surface area contributed by atoms with Crippen LogP contribution in [0.5, 0.6) is 5.75 Å². The summed E-state index contributed by atoms with van der Waals surface area (Å²) in [5, 5.41) is 13.5. The molecule has 6 nitrogen and oxygen atoms in total. The van der Waals surface area contributed by atoms with Gasteiger partial charge in [0.15, 0.2) is 6.10 Å². The predicted molar refractivity (Wildman–Crippen MR) is 90.7 cm³/mol. The number of carbonyl (C=O) groups excluding carboxylic acids is 1. The third kappa shape index (κ3) is 4.53. The molecule has 0 spiro atoms. The average Bonchev–Trinajstić information content (AvgIpc) is 2.51. The van der Waals surface area contributed by atoms with Crippen LogP contribution in [0.3, 0.4) is 0 Å². The molecule has 23 heavy (non-hydrogen) atoms. The first-order chi connectivity index (χ1) is 10.9. The Kier molecular flexibility index (Phi) is 5.33. The summed E-state index contributed by atoms with van der Waals surface area (Å²) < 4.78 is 6.47. The van der Waals surface area contributed by atoms with Gasteiger partial charge in [0.25, 0.3) is 11.6 Å². The predicted octanol–water partition coefficient (Wildman–Crippen LogP) is 4.07. The van der Waals surface area contributed by atoms with E-state index in [-0.39, 0.29) is 11.6 Å². The second kappa shape index (κ2) is 7.23. The van der Waals surface area contributed by atoms with Gasteiger partial charge in [-0.05, 0) is 43.7 Å². The Morgan fingerprint density at radius 2 is 1.91 bits per heavy atom. The van der Waals surface area contributed by atoms with E-state index in [1.165, 1.54) is 12.1 Å². The van der Waals surface area contributed by atoms with Crippen LogP contribution in [0.25, 0.3) is 0 Å². The maximum absolute atomic E-state index is 12.2. The van der Waals surface area contributed by atoms with E-state index in [4.69, 9.17) is 4.74 Å². The van der Waals surface area contributed by atoms with Gasteiger partial charge in [-0.1, -0.05) is 22.0 Å². The molecule has 0 aliphatic carbocycles. The van der Waals surface area contributed by atoms with Crippen LogP contribution in [0.15, 0.2) is 46.9 Å². The highest BCUT2D eigenvalue weighted by Crippen LogP contribution is 2.22. The number of anilines is 1. The lowest BCUT2D eigenvalue weighted by molar-refractivity contribution is -0.384. The van der Waals surface area contributed by atoms with Crippen LogP contribution in [-0.4, -0.2) is 16.9 Å². The highest BCUT2D eigenvalue weighted by atomic mass is 79.9. The van der Waals surface area contributed by atoms with Crippen LogP contribution < -0.4 is 10.1 Å². The lowest BCUT2D eigenvalue weighted by atomic mass is 10.1. The molecule has 2 aromatic rings. The first kappa shape index (κ1) is 17.0. The molecule has 2 aromatic carbocycles. The van der Waals surface area contributed by atoms with E-state index < -0.39 is 11.0 Å². The van der Waals surface area contributed by atoms with Gasteiger partial charge in [0.2, 0.25) is 0 Å². The fourth-order valence-corrected chi connectivity index (χ4v) is 2.13. The third-order valence-electron chi connectivity index (χ3n) is 3.19. The number of nitrogens with one attached hydrogen (secondary N) is 1. The first-order valence-corrected chi connectivity index (χ1v) is 7.64. The van der Waals surface area contributed by atoms with Crippen LogP contribution in [0, 0.1) is 17.0 Å². The maximum Gasteiger partial charge on any atom is 0.271 e. The molecular weight excluding hydrogens is 364 g/mol. The van der Waals surface area contributed by atoms with Gasteiger partial charge in [-0.2, -0.15) is 0 Å². The van der Waals surface area contributed by atoms with Crippen molar-refractivity contribution in [3.8, 4) is 5.75 Å². The minimum absolute atomic E-state index is 0.0765. The number of benzene rings is 2. The number of non-ortho nitro benzene ring substituents is 1. The summed E-state index contributed by atoms with van der Waals surface area (Å²) in [7, 11) is 0. The van der Waals surface area contributed by atoms with Gasteiger partial charge in [0, 0.05) is 16.6 Å². The zero-order valence-corrected chi connectivity index (χ0v) is 14.2. The second-order valence-electron chi connectivity index (χ2n) is 4.96. The van der Waals surface area contributed by atoms with E-state index >= 15 is 0 Å². The average molecular weight is 379 g/mol. The molecule has 1 unspecified atom stereocenters. The smallest absolute Gasteiger partial charge is 0.271 e. The molecule has 0 aliphatic rings. The Morgan fingerprint density at radius 3 is 2.52 bits per heavy atom. The van der Waals surface area contributed by atoms with Crippen LogP contribution in [0.4, 0.5) is 11.4 Å². The molecule has 2 rings (SSSR count). The summed E-state index contributed by atoms with van der Waals surface area (Å²) in [4.78, 5) is 22.5. The van der Waals surface area contributed by atoms with E-state index in [0.29, 0.717) is 11.4 Å². The number of amides is 1. The quantitative estimate of drug-likeness (QED) is 0.627. The number of nitrogens with zero attached hydrogens (tertiary/aromatic N) is 1. The van der Waals surface area contributed by atoms with E-state index in [0.717, 1.165) is 10.0 Å². The van der Waals surface area contributed by atoms with Crippen molar-refractivity contribution in [3.05, 3.63) is 62.6 Å². The van der Waals surface area contributed by atoms with Crippen LogP contribution >= 0.6 is 15.9 Å². The number of halogens is 1. The summed E-state index contributed by atoms with van der Waals surface area (Å²) >= 11 is 3.32. The molecule has 0 aliphatic heterocycles. The topological polar surface area (TPSA) is 81.5 Å². The van der Waals surface area contributed by atoms with Crippen molar-refractivity contribution in [2.45, 2.75) is 20.0 Å². The summed E-state index contributed by atoms with van der Waals surface area (Å²) in [5.74, 6) is 0.183. The number of nitro groups is 1. The van der Waals surface area contributed by atoms with Gasteiger partial charge in [-0.3, -0.25) is 14.9 Å². The molecule has 1 atom stereocenters. The minimum Gasteiger partial charge on any atom is -0.481 e. The van der Waals surface area contributed by atoms with Gasteiger partial charge in [0.1, 0.15) is 5.75 Å². The molecule has 0 saturated carbocycles. The second-order valence-corrected chi connectivity index (χ2v) is 5.88. The van der Waals surface area contributed by atoms with E-state index in [1.807, 2.05) is 12.1 Å². The molecule has 120 valence electrons. The van der Waals surface area contributed by atoms with Crippen molar-refractivity contribution in [2.24, 2.45) is 0 Å². The third-order valence-corrected chi connectivity index (χ3v) is 3.71. The van der Waals surface area contributed by atoms with Crippen molar-refractivity contribution >= 4 is 33.2 Å². The van der Waals surface area contributed by atoms with Crippen LogP contribution in [-0.2, 0) is 4.79 Å². The number of ether oxygens (including phenoxy) is 1. The van der Waals surface area contributed by atoms with E-state index in [1.54, 1.807) is 32.0 Å². The standard InChI is InChI=1S/C16H15BrN2O4/c1-10-3-6-13(19(21)22)9-15(10)18-16(20)11(2)23-14-7-4-12(17)5-8-14/h3-9,11H,1-2H3,(H,18,20). The molecular formula is C16H15BrN2O4. The fraction of sp³-hybridized carbons (Fsp3) is 0.188. The van der Waals surface area contributed by atoms with Gasteiger partial charge in [-0.15, -0.1) is 0 Å². The largest absolute Gasteiger partial charge is 0.481 e. The fourth-order valence-electron chi connectivity index (χ4n) is 1.86. The number of hydrogen-bond donors (Lipinski definition) is 1. The minimum atomic E-state index is -0.741. The summed E-state index contributed by atoms with van der Waals surface area (Å²) in [6, 6.07) is 11.4. The van der Waals surface area contributed by atoms with Gasteiger partial charge in [0.05, 0.1) is 10.6 Å². The SMILES string of the molecule is Cc1ccc([N+](=O)[O-])cc1NC(=O)C(C)Oc1ccc(Br)cc1. The van der Waals surface area contributed by atoms with Crippen LogP contribution in [0.1, 0.15) is 12.5 Å². The zero-order chi connectivity index (χ0) is 17.0. The number of rotatable bonds is 5. The Bertz CT molecular complexity index is 731. The first-order valence-electron chi connectivity index (χ1n) is 6.85. The number of hydrogen-bond acceptors (Lipinski definition) is 4. The molecule has 0 fully saturated rings. The zero-order valence-electron chi connectivity index (χ0n) is 12.6. The maximum atomic E-state index is 12.2. The summed E-state index contributed by atoms with van der Waals surface area (Å²) in [6.07, 6.45) is -0.741. The molecule has 0 aromatic heterocycles. The van der Waals surface area contributed by atoms with Crippen molar-refractivity contribution in [3.63, 3.8) is 0 Å². The molecule has 1 N–H and O–H groups in total. The lowest BCUT2D eigenvalue weighted by Gasteiger charge is -2.15. The van der Waals surface area contributed by atoms with Crippen molar-refractivity contribution < 1.29 is 14.5 Å². The van der Waals surface area contributed by atoms with E-state index in [2.05, 4.69) is 21.2 Å². The van der Waals surface area contributed by atoms with E-state index in [9.17, 15) is 14.9 Å². The van der Waals surface area contributed by atoms with Gasteiger partial charge >= 0.3 is 0 Å². The molecule has 0 saturated heterocycles. The Balaban J connectivity index is 2.07. The Morgan fingerprint density at radius 1 is 1.26 bits per heavy atom. The normalized spacial score (nSPS) is 11.6. The highest BCUT2D eigenvalue weighted by Gasteiger charge is 2.17.